The van der Waals surface area contributed by atoms with E-state index in [4.69, 9.17) is 14.6 Å². The lowest BCUT2D eigenvalue weighted by atomic mass is 10.1. The summed E-state index contributed by atoms with van der Waals surface area (Å²) in [5.74, 6) is -0.141. The molecule has 0 amide bonds. The topological polar surface area (TPSA) is 134 Å². The predicted octanol–water partition coefficient (Wildman–Crippen LogP) is -2.84. The molecule has 1 unspecified atom stereocenters. The second-order valence-electron chi connectivity index (χ2n) is 4.09. The largest absolute Gasteiger partial charge is 0.490 e. The van der Waals surface area contributed by atoms with Gasteiger partial charge in [0.25, 0.3) is 5.56 Å². The number of aromatic nitrogens is 2. The van der Waals surface area contributed by atoms with Crippen molar-refractivity contribution in [1.82, 2.24) is 9.55 Å². The van der Waals surface area contributed by atoms with E-state index in [-0.39, 0.29) is 5.75 Å². The molecule has 2 heterocycles. The zero-order chi connectivity index (χ0) is 14.2. The molecule has 0 bridgehead atoms. The van der Waals surface area contributed by atoms with Crippen LogP contribution in [0.4, 0.5) is 0 Å². The SMILES string of the molecule is COc1cn([C@@H]2O[C@H](CO)[C@H](O)C2O)c(=O)[nH]c1=O. The minimum atomic E-state index is -1.41. The van der Waals surface area contributed by atoms with Gasteiger partial charge in [0, 0.05) is 0 Å². The predicted molar refractivity (Wildman–Crippen MR) is 60.9 cm³/mol. The zero-order valence-corrected chi connectivity index (χ0v) is 10.0. The first-order chi connectivity index (χ1) is 8.99. The molecule has 9 heteroatoms. The highest BCUT2D eigenvalue weighted by atomic mass is 16.6. The normalized spacial score (nSPS) is 30.5. The number of aliphatic hydroxyl groups excluding tert-OH is 3. The van der Waals surface area contributed by atoms with Crippen molar-refractivity contribution in [3.8, 4) is 5.75 Å². The number of H-pyrrole nitrogens is 1. The Kier molecular flexibility index (Phi) is 3.71. The van der Waals surface area contributed by atoms with Crippen LogP contribution in [0, 0.1) is 0 Å². The smallest absolute Gasteiger partial charge is 0.330 e. The Morgan fingerprint density at radius 2 is 2.11 bits per heavy atom. The molecule has 4 atom stereocenters. The van der Waals surface area contributed by atoms with Crippen molar-refractivity contribution in [2.75, 3.05) is 13.7 Å². The Bertz CT molecular complexity index is 566. The van der Waals surface area contributed by atoms with Gasteiger partial charge in [-0.05, 0) is 0 Å². The highest BCUT2D eigenvalue weighted by molar-refractivity contribution is 5.12. The van der Waals surface area contributed by atoms with E-state index in [0.29, 0.717) is 0 Å². The van der Waals surface area contributed by atoms with E-state index < -0.39 is 42.4 Å². The third kappa shape index (κ3) is 2.28. The summed E-state index contributed by atoms with van der Waals surface area (Å²) in [5.41, 5.74) is -1.53. The molecule has 0 saturated carbocycles. The number of rotatable bonds is 3. The van der Waals surface area contributed by atoms with Gasteiger partial charge in [0.2, 0.25) is 5.75 Å². The molecule has 0 spiro atoms. The maximum atomic E-state index is 11.7. The van der Waals surface area contributed by atoms with E-state index in [0.717, 1.165) is 10.8 Å². The molecule has 0 aliphatic carbocycles. The van der Waals surface area contributed by atoms with Gasteiger partial charge in [-0.3, -0.25) is 14.3 Å². The molecule has 1 fully saturated rings. The quantitative estimate of drug-likeness (QED) is 0.466. The Labute approximate surface area is 106 Å². The summed E-state index contributed by atoms with van der Waals surface area (Å²) in [6.07, 6.45) is -3.90. The standard InChI is InChI=1S/C10H14N2O7/c1-18-4-2-12(10(17)11-8(4)16)9-7(15)6(14)5(3-13)19-9/h2,5-7,9,13-15H,3H2,1H3,(H,11,16,17)/t5-,6+,7?,9-/m1/s1. The Hall–Kier alpha value is -1.68. The first kappa shape index (κ1) is 13.7. The van der Waals surface area contributed by atoms with Crippen molar-refractivity contribution in [1.29, 1.82) is 0 Å². The molecule has 2 rings (SSSR count). The van der Waals surface area contributed by atoms with E-state index in [1.54, 1.807) is 0 Å². The molecule has 0 radical (unpaired) electrons. The molecule has 0 aromatic carbocycles. The zero-order valence-electron chi connectivity index (χ0n) is 10.0. The van der Waals surface area contributed by atoms with Crippen molar-refractivity contribution in [3.63, 3.8) is 0 Å². The summed E-state index contributed by atoms with van der Waals surface area (Å²) in [5, 5.41) is 28.4. The number of hydrogen-bond donors (Lipinski definition) is 4. The van der Waals surface area contributed by atoms with Gasteiger partial charge in [-0.2, -0.15) is 0 Å². The Morgan fingerprint density at radius 3 is 2.63 bits per heavy atom. The first-order valence-electron chi connectivity index (χ1n) is 5.51. The van der Waals surface area contributed by atoms with E-state index in [9.17, 15) is 19.8 Å². The van der Waals surface area contributed by atoms with Crippen molar-refractivity contribution >= 4 is 0 Å². The minimum Gasteiger partial charge on any atom is -0.490 e. The van der Waals surface area contributed by atoms with Crippen molar-refractivity contribution in [2.24, 2.45) is 0 Å². The molecule has 1 aliphatic heterocycles. The van der Waals surface area contributed by atoms with Crippen molar-refractivity contribution in [2.45, 2.75) is 24.5 Å². The monoisotopic (exact) mass is 274 g/mol. The summed E-state index contributed by atoms with van der Waals surface area (Å²) in [4.78, 5) is 25.0. The highest BCUT2D eigenvalue weighted by Gasteiger charge is 2.43. The summed E-state index contributed by atoms with van der Waals surface area (Å²) < 4.78 is 10.8. The van der Waals surface area contributed by atoms with Crippen LogP contribution in [-0.2, 0) is 4.74 Å². The molecular weight excluding hydrogens is 260 g/mol. The lowest BCUT2D eigenvalue weighted by molar-refractivity contribution is -0.0552. The van der Waals surface area contributed by atoms with Crippen LogP contribution in [-0.4, -0.2) is 56.9 Å². The number of nitrogens with zero attached hydrogens (tertiary/aromatic N) is 1. The molecule has 1 saturated heterocycles. The van der Waals surface area contributed by atoms with Gasteiger partial charge >= 0.3 is 5.69 Å². The third-order valence-electron chi connectivity index (χ3n) is 2.95. The number of aromatic amines is 1. The fraction of sp³-hybridized carbons (Fsp3) is 0.600. The Morgan fingerprint density at radius 1 is 1.42 bits per heavy atom. The van der Waals surface area contributed by atoms with Crippen LogP contribution < -0.4 is 16.0 Å². The molecule has 19 heavy (non-hydrogen) atoms. The van der Waals surface area contributed by atoms with Crippen LogP contribution in [0.2, 0.25) is 0 Å². The average Bonchev–Trinajstić information content (AvgIpc) is 2.67. The molecule has 1 aliphatic rings. The maximum Gasteiger partial charge on any atom is 0.330 e. The second-order valence-corrected chi connectivity index (χ2v) is 4.09. The average molecular weight is 274 g/mol. The van der Waals surface area contributed by atoms with E-state index in [1.807, 2.05) is 4.98 Å². The van der Waals surface area contributed by atoms with E-state index >= 15 is 0 Å². The van der Waals surface area contributed by atoms with Crippen LogP contribution >= 0.6 is 0 Å². The first-order valence-corrected chi connectivity index (χ1v) is 5.51. The van der Waals surface area contributed by atoms with Gasteiger partial charge in [-0.1, -0.05) is 0 Å². The van der Waals surface area contributed by atoms with Crippen LogP contribution in [0.15, 0.2) is 15.8 Å². The number of aliphatic hydroxyl groups is 3. The van der Waals surface area contributed by atoms with Gasteiger partial charge in [-0.25, -0.2) is 4.79 Å². The maximum absolute atomic E-state index is 11.7. The molecule has 4 N–H and O–H groups in total. The lowest BCUT2D eigenvalue weighted by Crippen LogP contribution is -2.38. The van der Waals surface area contributed by atoms with E-state index in [1.165, 1.54) is 7.11 Å². The van der Waals surface area contributed by atoms with Crippen LogP contribution in [0.1, 0.15) is 6.23 Å². The summed E-state index contributed by atoms with van der Waals surface area (Å²) in [6, 6.07) is 0. The van der Waals surface area contributed by atoms with Crippen LogP contribution in [0.5, 0.6) is 5.75 Å². The van der Waals surface area contributed by atoms with Crippen molar-refractivity contribution < 1.29 is 24.8 Å². The number of hydrogen-bond acceptors (Lipinski definition) is 7. The van der Waals surface area contributed by atoms with Gasteiger partial charge in [-0.15, -0.1) is 0 Å². The second kappa shape index (κ2) is 5.13. The van der Waals surface area contributed by atoms with Gasteiger partial charge in [0.15, 0.2) is 6.23 Å². The fourth-order valence-corrected chi connectivity index (χ4v) is 1.91. The summed E-state index contributed by atoms with van der Waals surface area (Å²) >= 11 is 0. The van der Waals surface area contributed by atoms with Crippen molar-refractivity contribution in [3.05, 3.63) is 27.0 Å². The third-order valence-corrected chi connectivity index (χ3v) is 2.95. The number of nitrogens with one attached hydrogen (secondary N) is 1. The Balaban J connectivity index is 2.43. The summed E-state index contributed by atoms with van der Waals surface area (Å²) in [7, 11) is 1.25. The van der Waals surface area contributed by atoms with E-state index in [2.05, 4.69) is 0 Å². The van der Waals surface area contributed by atoms with Crippen LogP contribution in [0.3, 0.4) is 0 Å². The van der Waals surface area contributed by atoms with Crippen LogP contribution in [0.25, 0.3) is 0 Å². The molecule has 106 valence electrons. The molecule has 9 nitrogen and oxygen atoms in total. The number of ether oxygens (including phenoxy) is 2. The minimum absolute atomic E-state index is 0.141. The van der Waals surface area contributed by atoms with Gasteiger partial charge in [0.1, 0.15) is 18.3 Å². The highest BCUT2D eigenvalue weighted by Crippen LogP contribution is 2.28. The fourth-order valence-electron chi connectivity index (χ4n) is 1.91. The lowest BCUT2D eigenvalue weighted by Gasteiger charge is -2.17. The van der Waals surface area contributed by atoms with Gasteiger partial charge in [0.05, 0.1) is 19.9 Å². The molecule has 1 aromatic rings. The van der Waals surface area contributed by atoms with Gasteiger partial charge < -0.3 is 24.8 Å². The molecular formula is C10H14N2O7. The molecule has 1 aromatic heterocycles. The summed E-state index contributed by atoms with van der Waals surface area (Å²) in [6.45, 7) is -0.510. The number of methoxy groups -OCH3 is 1.